The first kappa shape index (κ1) is 16.2. The molecular formula is C19H21NO4. The number of nitrogens with zero attached hydrogens (tertiary/aromatic N) is 1. The van der Waals surface area contributed by atoms with Crippen LogP contribution in [0, 0.1) is 0 Å². The topological polar surface area (TPSA) is 48.0 Å². The molecule has 5 nitrogen and oxygen atoms in total. The van der Waals surface area contributed by atoms with Gasteiger partial charge in [-0.15, -0.1) is 0 Å². The van der Waals surface area contributed by atoms with Gasteiger partial charge in [-0.2, -0.15) is 0 Å². The first-order valence-corrected chi connectivity index (χ1v) is 7.91. The Labute approximate surface area is 141 Å². The van der Waals surface area contributed by atoms with Crippen molar-refractivity contribution in [1.29, 1.82) is 0 Å². The zero-order valence-corrected chi connectivity index (χ0v) is 13.9. The van der Waals surface area contributed by atoms with E-state index >= 15 is 0 Å². The zero-order chi connectivity index (χ0) is 16.9. The summed E-state index contributed by atoms with van der Waals surface area (Å²) in [4.78, 5) is 14.1. The molecule has 1 heterocycles. The molecule has 0 bridgehead atoms. The third-order valence-corrected chi connectivity index (χ3v) is 4.00. The minimum absolute atomic E-state index is 0.0157. The number of rotatable bonds is 5. The number of methoxy groups -OCH3 is 1. The lowest BCUT2D eigenvalue weighted by Crippen LogP contribution is -2.42. The SMILES string of the molecule is COc1ccccc1CC(=O)N(C)C[C@H]1COc2ccccc2O1. The number of ether oxygens (including phenoxy) is 3. The van der Waals surface area contributed by atoms with E-state index in [2.05, 4.69) is 0 Å². The van der Waals surface area contributed by atoms with E-state index < -0.39 is 0 Å². The van der Waals surface area contributed by atoms with Crippen LogP contribution in [0.25, 0.3) is 0 Å². The second kappa shape index (κ2) is 7.25. The van der Waals surface area contributed by atoms with Crippen LogP contribution >= 0.6 is 0 Å². The summed E-state index contributed by atoms with van der Waals surface area (Å²) < 4.78 is 16.9. The predicted octanol–water partition coefficient (Wildman–Crippen LogP) is 2.54. The summed E-state index contributed by atoms with van der Waals surface area (Å²) in [5.41, 5.74) is 0.878. The molecule has 0 unspecified atom stereocenters. The lowest BCUT2D eigenvalue weighted by atomic mass is 10.1. The van der Waals surface area contributed by atoms with Crippen molar-refractivity contribution in [3.63, 3.8) is 0 Å². The van der Waals surface area contributed by atoms with Crippen molar-refractivity contribution in [3.8, 4) is 17.2 Å². The van der Waals surface area contributed by atoms with Crippen LogP contribution in [0.2, 0.25) is 0 Å². The van der Waals surface area contributed by atoms with Gasteiger partial charge in [-0.25, -0.2) is 0 Å². The molecule has 0 saturated heterocycles. The molecule has 24 heavy (non-hydrogen) atoms. The molecule has 1 atom stereocenters. The molecule has 0 aliphatic carbocycles. The highest BCUT2D eigenvalue weighted by Crippen LogP contribution is 2.31. The maximum Gasteiger partial charge on any atom is 0.227 e. The number of carbonyl (C=O) groups is 1. The number of para-hydroxylation sites is 3. The molecule has 0 fully saturated rings. The summed E-state index contributed by atoms with van der Waals surface area (Å²) in [6.45, 7) is 0.908. The quantitative estimate of drug-likeness (QED) is 0.847. The predicted molar refractivity (Wildman–Crippen MR) is 90.7 cm³/mol. The fraction of sp³-hybridized carbons (Fsp3) is 0.316. The smallest absolute Gasteiger partial charge is 0.227 e. The maximum atomic E-state index is 12.5. The van der Waals surface area contributed by atoms with E-state index in [1.54, 1.807) is 19.1 Å². The Morgan fingerprint density at radius 1 is 1.17 bits per heavy atom. The minimum Gasteiger partial charge on any atom is -0.496 e. The van der Waals surface area contributed by atoms with Gasteiger partial charge in [0.15, 0.2) is 17.6 Å². The van der Waals surface area contributed by atoms with Crippen LogP contribution in [0.4, 0.5) is 0 Å². The van der Waals surface area contributed by atoms with Gasteiger partial charge in [0.05, 0.1) is 20.1 Å². The molecule has 1 aliphatic heterocycles. The van der Waals surface area contributed by atoms with Crippen molar-refractivity contribution in [2.45, 2.75) is 12.5 Å². The van der Waals surface area contributed by atoms with E-state index in [0.29, 0.717) is 19.6 Å². The highest BCUT2D eigenvalue weighted by Gasteiger charge is 2.24. The summed E-state index contributed by atoms with van der Waals surface area (Å²) in [6.07, 6.45) is 0.122. The van der Waals surface area contributed by atoms with Crippen molar-refractivity contribution >= 4 is 5.91 Å². The number of carbonyl (C=O) groups excluding carboxylic acids is 1. The molecule has 0 N–H and O–H groups in total. The number of amides is 1. The number of hydrogen-bond donors (Lipinski definition) is 0. The molecule has 0 spiro atoms. The molecule has 1 amide bonds. The van der Waals surface area contributed by atoms with Crippen LogP contribution in [0.5, 0.6) is 17.2 Å². The molecule has 1 aliphatic rings. The molecule has 0 radical (unpaired) electrons. The monoisotopic (exact) mass is 327 g/mol. The van der Waals surface area contributed by atoms with Crippen LogP contribution < -0.4 is 14.2 Å². The first-order valence-electron chi connectivity index (χ1n) is 7.91. The summed E-state index contributed by atoms with van der Waals surface area (Å²) in [5.74, 6) is 2.21. The summed E-state index contributed by atoms with van der Waals surface area (Å²) in [5, 5.41) is 0. The molecule has 2 aromatic carbocycles. The van der Waals surface area contributed by atoms with E-state index in [1.807, 2.05) is 48.5 Å². The van der Waals surface area contributed by atoms with Gasteiger partial charge in [0, 0.05) is 12.6 Å². The van der Waals surface area contributed by atoms with Gasteiger partial charge in [0.2, 0.25) is 5.91 Å². The van der Waals surface area contributed by atoms with Crippen molar-refractivity contribution in [2.75, 3.05) is 27.3 Å². The molecule has 0 aromatic heterocycles. The second-order valence-electron chi connectivity index (χ2n) is 5.76. The minimum atomic E-state index is -0.175. The number of hydrogen-bond acceptors (Lipinski definition) is 4. The van der Waals surface area contributed by atoms with Gasteiger partial charge in [0.1, 0.15) is 12.4 Å². The molecular weight excluding hydrogens is 306 g/mol. The fourth-order valence-corrected chi connectivity index (χ4v) is 2.71. The van der Waals surface area contributed by atoms with Gasteiger partial charge in [-0.3, -0.25) is 4.79 Å². The van der Waals surface area contributed by atoms with Gasteiger partial charge in [-0.1, -0.05) is 30.3 Å². The summed E-state index contributed by atoms with van der Waals surface area (Å²) >= 11 is 0. The largest absolute Gasteiger partial charge is 0.496 e. The lowest BCUT2D eigenvalue weighted by molar-refractivity contribution is -0.130. The Morgan fingerprint density at radius 2 is 1.88 bits per heavy atom. The van der Waals surface area contributed by atoms with E-state index in [1.165, 1.54) is 0 Å². The number of benzene rings is 2. The van der Waals surface area contributed by atoms with Gasteiger partial charge in [-0.05, 0) is 18.2 Å². The van der Waals surface area contributed by atoms with Gasteiger partial charge >= 0.3 is 0 Å². The highest BCUT2D eigenvalue weighted by atomic mass is 16.6. The Hall–Kier alpha value is -2.69. The van der Waals surface area contributed by atoms with Crippen molar-refractivity contribution in [3.05, 3.63) is 54.1 Å². The summed E-state index contributed by atoms with van der Waals surface area (Å²) in [6, 6.07) is 15.1. The van der Waals surface area contributed by atoms with Gasteiger partial charge in [0.25, 0.3) is 0 Å². The highest BCUT2D eigenvalue weighted by molar-refractivity contribution is 5.79. The van der Waals surface area contributed by atoms with Crippen LogP contribution in [0.3, 0.4) is 0 Å². The van der Waals surface area contributed by atoms with Crippen molar-refractivity contribution in [2.24, 2.45) is 0 Å². The lowest BCUT2D eigenvalue weighted by Gasteiger charge is -2.29. The van der Waals surface area contributed by atoms with E-state index in [9.17, 15) is 4.79 Å². The molecule has 0 saturated carbocycles. The Morgan fingerprint density at radius 3 is 2.67 bits per heavy atom. The average molecular weight is 327 g/mol. The van der Waals surface area contributed by atoms with Crippen LogP contribution in [-0.4, -0.2) is 44.2 Å². The van der Waals surface area contributed by atoms with E-state index in [-0.39, 0.29) is 12.0 Å². The molecule has 126 valence electrons. The normalized spacial score (nSPS) is 15.7. The van der Waals surface area contributed by atoms with Crippen molar-refractivity contribution < 1.29 is 19.0 Å². The Bertz CT molecular complexity index is 716. The molecule has 5 heteroatoms. The van der Waals surface area contributed by atoms with Gasteiger partial charge < -0.3 is 19.1 Å². The number of likely N-dealkylation sites (N-methyl/N-ethyl adjacent to an activating group) is 1. The van der Waals surface area contributed by atoms with Crippen LogP contribution in [-0.2, 0) is 11.2 Å². The second-order valence-corrected chi connectivity index (χ2v) is 5.76. The molecule has 2 aromatic rings. The van der Waals surface area contributed by atoms with E-state index in [0.717, 1.165) is 22.8 Å². The zero-order valence-electron chi connectivity index (χ0n) is 13.9. The fourth-order valence-electron chi connectivity index (χ4n) is 2.71. The maximum absolute atomic E-state index is 12.5. The standard InChI is InChI=1S/C19H21NO4/c1-20(19(21)11-14-7-3-4-8-16(14)22-2)12-15-13-23-17-9-5-6-10-18(17)24-15/h3-10,15H,11-13H2,1-2H3/t15-/m0/s1. The number of fused-ring (bicyclic) bond motifs is 1. The van der Waals surface area contributed by atoms with Crippen molar-refractivity contribution in [1.82, 2.24) is 4.90 Å². The Kier molecular flexibility index (Phi) is 4.89. The summed E-state index contributed by atoms with van der Waals surface area (Å²) in [7, 11) is 3.39. The third kappa shape index (κ3) is 3.62. The van der Waals surface area contributed by atoms with E-state index in [4.69, 9.17) is 14.2 Å². The molecule has 3 rings (SSSR count). The van der Waals surface area contributed by atoms with Crippen LogP contribution in [0.1, 0.15) is 5.56 Å². The average Bonchev–Trinajstić information content (AvgIpc) is 2.62. The first-order chi connectivity index (χ1) is 11.7. The third-order valence-electron chi connectivity index (χ3n) is 4.00. The Balaban J connectivity index is 1.59. The van der Waals surface area contributed by atoms with Crippen LogP contribution in [0.15, 0.2) is 48.5 Å².